The molecule has 3 aromatic rings. The molecule has 0 saturated carbocycles. The molecule has 0 fully saturated rings. The highest BCUT2D eigenvalue weighted by Crippen LogP contribution is 2.38. The topological polar surface area (TPSA) is 24.9 Å². The lowest BCUT2D eigenvalue weighted by Gasteiger charge is -1.99. The number of aromatic nitrogens is 1. The number of anilines is 1. The van der Waals surface area contributed by atoms with E-state index >= 15 is 0 Å². The summed E-state index contributed by atoms with van der Waals surface area (Å²) < 4.78 is 0. The number of hydrogen-bond donors (Lipinski definition) is 1. The zero-order valence-electron chi connectivity index (χ0n) is 9.88. The normalized spacial score (nSPS) is 10.5. The van der Waals surface area contributed by atoms with Crippen molar-refractivity contribution in [1.82, 2.24) is 4.98 Å². The van der Waals surface area contributed by atoms with Crippen LogP contribution in [-0.4, -0.2) is 12.0 Å². The number of benzene rings is 1. The first-order chi connectivity index (χ1) is 8.88. The van der Waals surface area contributed by atoms with Gasteiger partial charge >= 0.3 is 0 Å². The minimum absolute atomic E-state index is 1.03. The standard InChI is InChI=1S/C14H12N2S2/c1-15-14-12(10-6-3-2-4-7-10)16-13(18-14)11-8-5-9-17-11/h2-9,15H,1H3. The average molecular weight is 272 g/mol. The molecular weight excluding hydrogens is 260 g/mol. The van der Waals surface area contributed by atoms with E-state index in [9.17, 15) is 0 Å². The van der Waals surface area contributed by atoms with E-state index in [-0.39, 0.29) is 0 Å². The second kappa shape index (κ2) is 4.92. The summed E-state index contributed by atoms with van der Waals surface area (Å²) in [5, 5.41) is 7.51. The number of thiazole rings is 1. The Labute approximate surface area is 114 Å². The van der Waals surface area contributed by atoms with E-state index < -0.39 is 0 Å². The summed E-state index contributed by atoms with van der Waals surface area (Å²) in [5.74, 6) is 0. The molecule has 1 aromatic carbocycles. The zero-order valence-corrected chi connectivity index (χ0v) is 11.5. The van der Waals surface area contributed by atoms with Crippen molar-refractivity contribution in [2.45, 2.75) is 0 Å². The summed E-state index contributed by atoms with van der Waals surface area (Å²) in [4.78, 5) is 5.98. The largest absolute Gasteiger partial charge is 0.378 e. The fourth-order valence-electron chi connectivity index (χ4n) is 1.79. The minimum atomic E-state index is 1.03. The van der Waals surface area contributed by atoms with Crippen molar-refractivity contribution in [3.05, 3.63) is 47.8 Å². The van der Waals surface area contributed by atoms with Gasteiger partial charge < -0.3 is 5.32 Å². The SMILES string of the molecule is CNc1sc(-c2cccs2)nc1-c1ccccc1. The van der Waals surface area contributed by atoms with Crippen molar-refractivity contribution in [2.24, 2.45) is 0 Å². The molecular formula is C14H12N2S2. The van der Waals surface area contributed by atoms with Gasteiger partial charge in [-0.3, -0.25) is 0 Å². The van der Waals surface area contributed by atoms with Gasteiger partial charge in [0.1, 0.15) is 15.7 Å². The molecule has 0 aliphatic carbocycles. The van der Waals surface area contributed by atoms with Crippen molar-refractivity contribution in [1.29, 1.82) is 0 Å². The highest BCUT2D eigenvalue weighted by atomic mass is 32.1. The molecule has 3 rings (SSSR count). The van der Waals surface area contributed by atoms with Crippen LogP contribution in [0.4, 0.5) is 5.00 Å². The van der Waals surface area contributed by atoms with E-state index in [0.29, 0.717) is 0 Å². The predicted molar refractivity (Wildman–Crippen MR) is 80.4 cm³/mol. The van der Waals surface area contributed by atoms with Gasteiger partial charge in [-0.05, 0) is 11.4 Å². The summed E-state index contributed by atoms with van der Waals surface area (Å²) in [6.07, 6.45) is 0. The molecule has 0 saturated heterocycles. The van der Waals surface area contributed by atoms with Crippen molar-refractivity contribution < 1.29 is 0 Å². The fraction of sp³-hybridized carbons (Fsp3) is 0.0714. The van der Waals surface area contributed by atoms with E-state index in [4.69, 9.17) is 4.98 Å². The van der Waals surface area contributed by atoms with Crippen LogP contribution in [0.5, 0.6) is 0 Å². The molecule has 90 valence electrons. The maximum atomic E-state index is 4.76. The molecule has 2 nitrogen and oxygen atoms in total. The Morgan fingerprint density at radius 1 is 1.06 bits per heavy atom. The van der Waals surface area contributed by atoms with E-state index in [2.05, 4.69) is 35.0 Å². The molecule has 2 heterocycles. The van der Waals surface area contributed by atoms with Crippen LogP contribution < -0.4 is 5.32 Å². The average Bonchev–Trinajstić information content (AvgIpc) is 3.08. The van der Waals surface area contributed by atoms with Crippen LogP contribution in [0.3, 0.4) is 0 Å². The highest BCUT2D eigenvalue weighted by Gasteiger charge is 2.13. The predicted octanol–water partition coefficient (Wildman–Crippen LogP) is 4.58. The lowest BCUT2D eigenvalue weighted by atomic mass is 10.2. The Morgan fingerprint density at radius 3 is 2.56 bits per heavy atom. The van der Waals surface area contributed by atoms with E-state index in [1.807, 2.05) is 25.2 Å². The maximum Gasteiger partial charge on any atom is 0.136 e. The maximum absolute atomic E-state index is 4.76. The minimum Gasteiger partial charge on any atom is -0.378 e. The first-order valence-electron chi connectivity index (χ1n) is 5.66. The van der Waals surface area contributed by atoms with Gasteiger partial charge in [-0.15, -0.1) is 11.3 Å². The van der Waals surface area contributed by atoms with Gasteiger partial charge in [-0.2, -0.15) is 0 Å². The van der Waals surface area contributed by atoms with E-state index in [1.165, 1.54) is 4.88 Å². The Balaban J connectivity index is 2.10. The van der Waals surface area contributed by atoms with Crippen LogP contribution in [-0.2, 0) is 0 Å². The van der Waals surface area contributed by atoms with Crippen LogP contribution in [0.2, 0.25) is 0 Å². The van der Waals surface area contributed by atoms with Gasteiger partial charge in [0.15, 0.2) is 0 Å². The highest BCUT2D eigenvalue weighted by molar-refractivity contribution is 7.23. The van der Waals surface area contributed by atoms with Gasteiger partial charge in [-0.25, -0.2) is 4.98 Å². The van der Waals surface area contributed by atoms with Crippen LogP contribution in [0.1, 0.15) is 0 Å². The third-order valence-corrected chi connectivity index (χ3v) is 4.75. The van der Waals surface area contributed by atoms with E-state index in [1.54, 1.807) is 22.7 Å². The van der Waals surface area contributed by atoms with Gasteiger partial charge in [0.05, 0.1) is 4.88 Å². The summed E-state index contributed by atoms with van der Waals surface area (Å²) in [5.41, 5.74) is 2.19. The molecule has 0 spiro atoms. The molecule has 18 heavy (non-hydrogen) atoms. The Morgan fingerprint density at radius 2 is 1.89 bits per heavy atom. The summed E-state index contributed by atoms with van der Waals surface area (Å²) in [6, 6.07) is 14.5. The molecule has 0 unspecified atom stereocenters. The molecule has 0 aliphatic rings. The second-order valence-electron chi connectivity index (χ2n) is 3.79. The van der Waals surface area contributed by atoms with Crippen LogP contribution in [0.25, 0.3) is 21.1 Å². The third kappa shape index (κ3) is 2.05. The monoisotopic (exact) mass is 272 g/mol. The Kier molecular flexibility index (Phi) is 3.13. The number of nitrogens with zero attached hydrogens (tertiary/aromatic N) is 1. The molecule has 1 N–H and O–H groups in total. The lowest BCUT2D eigenvalue weighted by molar-refractivity contribution is 1.40. The van der Waals surface area contributed by atoms with E-state index in [0.717, 1.165) is 21.3 Å². The zero-order chi connectivity index (χ0) is 12.4. The molecule has 0 bridgehead atoms. The number of rotatable bonds is 3. The summed E-state index contributed by atoms with van der Waals surface area (Å²) >= 11 is 3.42. The van der Waals surface area contributed by atoms with Crippen molar-refractivity contribution in [3.8, 4) is 21.1 Å². The Hall–Kier alpha value is -1.65. The second-order valence-corrected chi connectivity index (χ2v) is 5.74. The molecule has 0 aliphatic heterocycles. The van der Waals surface area contributed by atoms with Crippen molar-refractivity contribution in [3.63, 3.8) is 0 Å². The van der Waals surface area contributed by atoms with Crippen LogP contribution in [0.15, 0.2) is 47.8 Å². The van der Waals surface area contributed by atoms with Gasteiger partial charge in [-0.1, -0.05) is 47.7 Å². The first kappa shape index (κ1) is 11.4. The molecule has 2 aromatic heterocycles. The first-order valence-corrected chi connectivity index (χ1v) is 7.36. The lowest BCUT2D eigenvalue weighted by Crippen LogP contribution is -1.87. The quantitative estimate of drug-likeness (QED) is 0.755. The number of hydrogen-bond acceptors (Lipinski definition) is 4. The number of nitrogens with one attached hydrogen (secondary N) is 1. The Bertz CT molecular complexity index is 627. The smallest absolute Gasteiger partial charge is 0.136 e. The summed E-state index contributed by atoms with van der Waals surface area (Å²) in [6.45, 7) is 0. The van der Waals surface area contributed by atoms with Gasteiger partial charge in [0.2, 0.25) is 0 Å². The number of thiophene rings is 1. The van der Waals surface area contributed by atoms with Crippen molar-refractivity contribution in [2.75, 3.05) is 12.4 Å². The van der Waals surface area contributed by atoms with Crippen molar-refractivity contribution >= 4 is 27.7 Å². The molecule has 4 heteroatoms. The molecule has 0 amide bonds. The summed E-state index contributed by atoms with van der Waals surface area (Å²) in [7, 11) is 1.94. The molecule has 0 radical (unpaired) electrons. The van der Waals surface area contributed by atoms with Crippen LogP contribution in [0, 0.1) is 0 Å². The fourth-order valence-corrected chi connectivity index (χ4v) is 3.52. The van der Waals surface area contributed by atoms with Gasteiger partial charge in [0.25, 0.3) is 0 Å². The van der Waals surface area contributed by atoms with Gasteiger partial charge in [0, 0.05) is 12.6 Å². The third-order valence-electron chi connectivity index (χ3n) is 2.63. The molecule has 0 atom stereocenters. The van der Waals surface area contributed by atoms with Crippen LogP contribution >= 0.6 is 22.7 Å².